The first kappa shape index (κ1) is 17.6. The van der Waals surface area contributed by atoms with Crippen molar-refractivity contribution < 1.29 is 9.90 Å². The number of hydrogen-bond acceptors (Lipinski definition) is 5. The molecule has 1 fully saturated rings. The summed E-state index contributed by atoms with van der Waals surface area (Å²) in [5.74, 6) is 0.134. The van der Waals surface area contributed by atoms with Crippen molar-refractivity contribution in [2.24, 2.45) is 0 Å². The zero-order valence-corrected chi connectivity index (χ0v) is 14.6. The summed E-state index contributed by atoms with van der Waals surface area (Å²) in [5.41, 5.74) is 0.202. The van der Waals surface area contributed by atoms with Crippen molar-refractivity contribution in [1.82, 2.24) is 15.3 Å². The van der Waals surface area contributed by atoms with Crippen molar-refractivity contribution in [2.75, 3.05) is 11.9 Å². The van der Waals surface area contributed by atoms with E-state index < -0.39 is 5.60 Å². The molecule has 2 aromatic rings. The first-order valence-corrected chi connectivity index (χ1v) is 8.78. The number of carbonyl (C=O) groups is 1. The first-order chi connectivity index (χ1) is 12.1. The Morgan fingerprint density at radius 1 is 1.20 bits per heavy atom. The van der Waals surface area contributed by atoms with Gasteiger partial charge < -0.3 is 15.7 Å². The van der Waals surface area contributed by atoms with Crippen LogP contribution in [0, 0.1) is 0 Å². The van der Waals surface area contributed by atoms with Crippen LogP contribution in [0.5, 0.6) is 0 Å². The lowest BCUT2D eigenvalue weighted by molar-refractivity contribution is 0.00526. The number of benzene rings is 1. The topological polar surface area (TPSA) is 87.1 Å². The van der Waals surface area contributed by atoms with Crippen LogP contribution >= 0.6 is 11.6 Å². The Morgan fingerprint density at radius 2 is 1.92 bits per heavy atom. The predicted octanol–water partition coefficient (Wildman–Crippen LogP) is 3.30. The third-order valence-electron chi connectivity index (χ3n) is 4.40. The summed E-state index contributed by atoms with van der Waals surface area (Å²) in [6.45, 7) is 0.238. The second kappa shape index (κ2) is 7.80. The fourth-order valence-electron chi connectivity index (χ4n) is 3.00. The molecule has 1 aromatic carbocycles. The van der Waals surface area contributed by atoms with Gasteiger partial charge in [-0.15, -0.1) is 0 Å². The second-order valence-corrected chi connectivity index (χ2v) is 6.77. The van der Waals surface area contributed by atoms with Crippen molar-refractivity contribution in [2.45, 2.75) is 37.7 Å². The Morgan fingerprint density at radius 3 is 2.64 bits per heavy atom. The molecule has 0 spiro atoms. The van der Waals surface area contributed by atoms with Crippen LogP contribution < -0.4 is 10.6 Å². The standard InChI is InChI=1S/C18H21ClN4O2/c19-15-6-5-13(23-17-20-9-4-10-21-17)11-14(15)16(24)22-12-18(25)7-2-1-3-8-18/h4-6,9-11,25H,1-3,7-8,12H2,(H,22,24)(H,20,21,23). The van der Waals surface area contributed by atoms with Gasteiger partial charge in [-0.25, -0.2) is 9.97 Å². The van der Waals surface area contributed by atoms with Crippen LogP contribution in [0.4, 0.5) is 11.6 Å². The highest BCUT2D eigenvalue weighted by molar-refractivity contribution is 6.34. The van der Waals surface area contributed by atoms with Gasteiger partial charge in [0.05, 0.1) is 16.2 Å². The van der Waals surface area contributed by atoms with Crippen LogP contribution in [0.1, 0.15) is 42.5 Å². The van der Waals surface area contributed by atoms with Gasteiger partial charge in [-0.05, 0) is 37.1 Å². The van der Waals surface area contributed by atoms with Crippen LogP contribution in [-0.2, 0) is 0 Å². The Hall–Kier alpha value is -2.18. The van der Waals surface area contributed by atoms with E-state index >= 15 is 0 Å². The Balaban J connectivity index is 1.68. The predicted molar refractivity (Wildman–Crippen MR) is 97.1 cm³/mol. The molecule has 0 saturated heterocycles. The van der Waals surface area contributed by atoms with Gasteiger partial charge in [0.15, 0.2) is 0 Å². The third kappa shape index (κ3) is 4.67. The Labute approximate surface area is 151 Å². The minimum Gasteiger partial charge on any atom is -0.388 e. The number of anilines is 2. The van der Waals surface area contributed by atoms with Crippen LogP contribution in [0.25, 0.3) is 0 Å². The fraction of sp³-hybridized carbons (Fsp3) is 0.389. The molecule has 0 unspecified atom stereocenters. The number of carbonyl (C=O) groups excluding carboxylic acids is 1. The zero-order chi connectivity index (χ0) is 17.7. The zero-order valence-electron chi connectivity index (χ0n) is 13.8. The average molecular weight is 361 g/mol. The van der Waals surface area contributed by atoms with Gasteiger partial charge in [-0.2, -0.15) is 0 Å². The summed E-state index contributed by atoms with van der Waals surface area (Å²) in [6.07, 6.45) is 7.81. The van der Waals surface area contributed by atoms with Gasteiger partial charge >= 0.3 is 0 Å². The monoisotopic (exact) mass is 360 g/mol. The van der Waals surface area contributed by atoms with Gasteiger partial charge in [0.25, 0.3) is 5.91 Å². The first-order valence-electron chi connectivity index (χ1n) is 8.40. The maximum Gasteiger partial charge on any atom is 0.252 e. The number of aromatic nitrogens is 2. The summed E-state index contributed by atoms with van der Waals surface area (Å²) in [5, 5.41) is 16.7. The van der Waals surface area contributed by atoms with E-state index in [1.165, 1.54) is 0 Å². The molecule has 7 heteroatoms. The van der Waals surface area contributed by atoms with Crippen molar-refractivity contribution in [1.29, 1.82) is 0 Å². The lowest BCUT2D eigenvalue weighted by atomic mass is 9.85. The molecule has 1 saturated carbocycles. The Kier molecular flexibility index (Phi) is 5.50. The highest BCUT2D eigenvalue weighted by Gasteiger charge is 2.29. The molecular formula is C18H21ClN4O2. The van der Waals surface area contributed by atoms with E-state index in [1.54, 1.807) is 36.7 Å². The summed E-state index contributed by atoms with van der Waals surface area (Å²) in [7, 11) is 0. The molecule has 1 heterocycles. The maximum absolute atomic E-state index is 12.5. The minimum absolute atomic E-state index is 0.238. The van der Waals surface area contributed by atoms with Crippen molar-refractivity contribution in [3.8, 4) is 0 Å². The number of amides is 1. The molecule has 0 atom stereocenters. The molecule has 3 N–H and O–H groups in total. The number of nitrogens with zero attached hydrogens (tertiary/aromatic N) is 2. The van der Waals surface area contributed by atoms with E-state index in [-0.39, 0.29) is 12.5 Å². The van der Waals surface area contributed by atoms with E-state index in [4.69, 9.17) is 11.6 Å². The van der Waals surface area contributed by atoms with Gasteiger partial charge in [0, 0.05) is 24.6 Å². The van der Waals surface area contributed by atoms with Gasteiger partial charge in [-0.3, -0.25) is 4.79 Å². The van der Waals surface area contributed by atoms with E-state index in [9.17, 15) is 9.90 Å². The van der Waals surface area contributed by atoms with E-state index in [1.807, 2.05) is 0 Å². The molecule has 132 valence electrons. The molecule has 0 aliphatic heterocycles. The van der Waals surface area contributed by atoms with Crippen LogP contribution in [-0.4, -0.2) is 33.1 Å². The van der Waals surface area contributed by atoms with Gasteiger partial charge in [0.1, 0.15) is 0 Å². The molecule has 1 aliphatic rings. The normalized spacial score (nSPS) is 16.2. The van der Waals surface area contributed by atoms with Gasteiger partial charge in [-0.1, -0.05) is 30.9 Å². The highest BCUT2D eigenvalue weighted by atomic mass is 35.5. The molecule has 25 heavy (non-hydrogen) atoms. The molecule has 1 aliphatic carbocycles. The SMILES string of the molecule is O=C(NCC1(O)CCCCC1)c1cc(Nc2ncccn2)ccc1Cl. The largest absolute Gasteiger partial charge is 0.388 e. The number of rotatable bonds is 5. The fourth-order valence-corrected chi connectivity index (χ4v) is 3.20. The van der Waals surface area contributed by atoms with Crippen molar-refractivity contribution in [3.05, 3.63) is 47.2 Å². The van der Waals surface area contributed by atoms with E-state index in [2.05, 4.69) is 20.6 Å². The molecule has 3 rings (SSSR count). The lowest BCUT2D eigenvalue weighted by Gasteiger charge is -2.32. The van der Waals surface area contributed by atoms with Crippen LogP contribution in [0.2, 0.25) is 5.02 Å². The van der Waals surface area contributed by atoms with Crippen molar-refractivity contribution in [3.63, 3.8) is 0 Å². The highest BCUT2D eigenvalue weighted by Crippen LogP contribution is 2.28. The number of halogens is 1. The lowest BCUT2D eigenvalue weighted by Crippen LogP contribution is -2.44. The summed E-state index contributed by atoms with van der Waals surface area (Å²) in [6, 6.07) is 6.78. The minimum atomic E-state index is -0.811. The van der Waals surface area contributed by atoms with Gasteiger partial charge in [0.2, 0.25) is 5.95 Å². The summed E-state index contributed by atoms with van der Waals surface area (Å²) < 4.78 is 0. The summed E-state index contributed by atoms with van der Waals surface area (Å²) in [4.78, 5) is 20.7. The number of nitrogens with one attached hydrogen (secondary N) is 2. The summed E-state index contributed by atoms with van der Waals surface area (Å²) >= 11 is 6.17. The van der Waals surface area contributed by atoms with Crippen molar-refractivity contribution >= 4 is 29.1 Å². The molecule has 1 amide bonds. The van der Waals surface area contributed by atoms with Crippen LogP contribution in [0.3, 0.4) is 0 Å². The smallest absolute Gasteiger partial charge is 0.252 e. The second-order valence-electron chi connectivity index (χ2n) is 6.36. The maximum atomic E-state index is 12.5. The van der Waals surface area contributed by atoms with E-state index in [0.29, 0.717) is 35.1 Å². The average Bonchev–Trinajstić information content (AvgIpc) is 2.63. The molecule has 0 bridgehead atoms. The third-order valence-corrected chi connectivity index (χ3v) is 4.72. The molecular weight excluding hydrogens is 340 g/mol. The quantitative estimate of drug-likeness (QED) is 0.761. The number of aliphatic hydroxyl groups is 1. The Bertz CT molecular complexity index is 733. The van der Waals surface area contributed by atoms with E-state index in [0.717, 1.165) is 19.3 Å². The number of hydrogen-bond donors (Lipinski definition) is 3. The molecule has 1 aromatic heterocycles. The molecule has 0 radical (unpaired) electrons. The van der Waals surface area contributed by atoms with Crippen LogP contribution in [0.15, 0.2) is 36.7 Å². The molecule has 6 nitrogen and oxygen atoms in total.